The molecule has 0 radical (unpaired) electrons. The first kappa shape index (κ1) is 21.5. The zero-order valence-corrected chi connectivity index (χ0v) is 20.1. The van der Waals surface area contributed by atoms with Gasteiger partial charge in [0.15, 0.2) is 5.54 Å². The van der Waals surface area contributed by atoms with E-state index >= 15 is 0 Å². The van der Waals surface area contributed by atoms with Crippen molar-refractivity contribution in [2.45, 2.75) is 50.9 Å². The molecule has 1 aliphatic carbocycles. The molecule has 1 N–H and O–H groups in total. The normalized spacial score (nSPS) is 31.8. The first-order valence-corrected chi connectivity index (χ1v) is 12.7. The Balaban J connectivity index is 1.38. The van der Waals surface area contributed by atoms with Gasteiger partial charge in [-0.3, -0.25) is 14.7 Å². The van der Waals surface area contributed by atoms with E-state index < -0.39 is 5.54 Å². The summed E-state index contributed by atoms with van der Waals surface area (Å²) < 4.78 is 0. The predicted octanol–water partition coefficient (Wildman–Crippen LogP) is 5.22. The van der Waals surface area contributed by atoms with Gasteiger partial charge in [0.1, 0.15) is 0 Å². The number of fused-ring (bicyclic) bond motifs is 1. The zero-order valence-electron chi connectivity index (χ0n) is 20.1. The summed E-state index contributed by atoms with van der Waals surface area (Å²) in [4.78, 5) is 21.8. The predicted molar refractivity (Wildman–Crippen MR) is 138 cm³/mol. The van der Waals surface area contributed by atoms with Crippen molar-refractivity contribution in [1.29, 1.82) is 0 Å². The molecule has 3 aromatic carbocycles. The second-order valence-electron chi connectivity index (χ2n) is 10.4. The summed E-state index contributed by atoms with van der Waals surface area (Å²) in [5.74, 6) is 1.19. The van der Waals surface area contributed by atoms with Gasteiger partial charge in [-0.05, 0) is 46.6 Å². The number of aliphatic imine (C=N–C) groups is 1. The summed E-state index contributed by atoms with van der Waals surface area (Å²) in [6, 6.07) is 25.4. The Kier molecular flexibility index (Phi) is 5.11. The Bertz CT molecular complexity index is 1250. The van der Waals surface area contributed by atoms with E-state index in [9.17, 15) is 4.79 Å². The van der Waals surface area contributed by atoms with Gasteiger partial charge < -0.3 is 5.32 Å². The Morgan fingerprint density at radius 2 is 1.82 bits per heavy atom. The van der Waals surface area contributed by atoms with Crippen LogP contribution in [0.1, 0.15) is 37.8 Å². The maximum Gasteiger partial charge on any atom is 0.250 e. The van der Waals surface area contributed by atoms with E-state index in [0.29, 0.717) is 18.4 Å². The van der Waals surface area contributed by atoms with Gasteiger partial charge in [-0.15, -0.1) is 0 Å². The second kappa shape index (κ2) is 8.06. The molecule has 174 valence electrons. The number of nitrogens with zero attached hydrogens (tertiary/aromatic N) is 2. The van der Waals surface area contributed by atoms with Crippen LogP contribution in [0.2, 0.25) is 0 Å². The monoisotopic (exact) mass is 451 g/mol. The van der Waals surface area contributed by atoms with E-state index in [0.717, 1.165) is 31.5 Å². The summed E-state index contributed by atoms with van der Waals surface area (Å²) in [5, 5.41) is 5.88. The van der Waals surface area contributed by atoms with Crippen LogP contribution < -0.4 is 5.32 Å². The number of benzene rings is 3. The average Bonchev–Trinajstić information content (AvgIpc) is 3.12. The average molecular weight is 452 g/mol. The second-order valence-corrected chi connectivity index (χ2v) is 10.4. The van der Waals surface area contributed by atoms with Crippen molar-refractivity contribution in [3.05, 3.63) is 83.9 Å². The van der Waals surface area contributed by atoms with Crippen LogP contribution in [0, 0.1) is 17.8 Å². The minimum atomic E-state index is -0.713. The lowest BCUT2D eigenvalue weighted by Crippen LogP contribution is -2.73. The van der Waals surface area contributed by atoms with Crippen LogP contribution in [-0.2, 0) is 17.9 Å². The molecule has 4 aliphatic rings. The van der Waals surface area contributed by atoms with Crippen molar-refractivity contribution >= 4 is 22.9 Å². The first-order valence-electron chi connectivity index (χ1n) is 12.7. The molecule has 3 heterocycles. The molecular weight excluding hydrogens is 418 g/mol. The van der Waals surface area contributed by atoms with Gasteiger partial charge in [-0.1, -0.05) is 86.6 Å². The highest BCUT2D eigenvalue weighted by Crippen LogP contribution is 2.61. The molecular formula is C30H33N3O. The fourth-order valence-electron chi connectivity index (χ4n) is 7.55. The summed E-state index contributed by atoms with van der Waals surface area (Å²) in [6.07, 6.45) is 4.08. The molecule has 7 rings (SSSR count). The van der Waals surface area contributed by atoms with Crippen molar-refractivity contribution in [2.75, 3.05) is 6.54 Å². The molecule has 34 heavy (non-hydrogen) atoms. The lowest BCUT2D eigenvalue weighted by molar-refractivity contribution is -0.138. The van der Waals surface area contributed by atoms with Gasteiger partial charge in [0.05, 0.1) is 5.54 Å². The molecule has 0 spiro atoms. The van der Waals surface area contributed by atoms with E-state index in [4.69, 9.17) is 4.99 Å². The molecule has 1 saturated heterocycles. The molecule has 3 aromatic rings. The maximum absolute atomic E-state index is 14.1. The topological polar surface area (TPSA) is 44.7 Å². The highest BCUT2D eigenvalue weighted by Gasteiger charge is 2.74. The Hall–Kier alpha value is -2.98. The van der Waals surface area contributed by atoms with Crippen molar-refractivity contribution in [1.82, 2.24) is 10.2 Å². The van der Waals surface area contributed by atoms with Gasteiger partial charge in [0.2, 0.25) is 5.91 Å². The van der Waals surface area contributed by atoms with Crippen LogP contribution in [-0.4, -0.2) is 34.6 Å². The third-order valence-electron chi connectivity index (χ3n) is 9.10. The molecule has 4 heteroatoms. The third-order valence-corrected chi connectivity index (χ3v) is 9.10. The number of carbonyl (C=O) groups excluding carboxylic acids is 1. The molecule has 1 saturated carbocycles. The fraction of sp³-hybridized carbons (Fsp3) is 0.400. The number of nitrogens with one attached hydrogen (secondary N) is 1. The molecule has 1 amide bonds. The first-order chi connectivity index (χ1) is 16.6. The maximum atomic E-state index is 14.1. The van der Waals surface area contributed by atoms with Crippen LogP contribution in [0.3, 0.4) is 0 Å². The van der Waals surface area contributed by atoms with Gasteiger partial charge in [0, 0.05) is 31.8 Å². The molecule has 4 nitrogen and oxygen atoms in total. The van der Waals surface area contributed by atoms with Gasteiger partial charge in [0.25, 0.3) is 0 Å². The summed E-state index contributed by atoms with van der Waals surface area (Å²) in [6.45, 7) is 6.94. The van der Waals surface area contributed by atoms with Crippen molar-refractivity contribution in [2.24, 2.45) is 22.7 Å². The number of rotatable bonds is 6. The molecule has 2 fully saturated rings. The number of likely N-dealkylation sites (tertiary alicyclic amines) is 1. The van der Waals surface area contributed by atoms with Crippen LogP contribution in [0.25, 0.3) is 10.8 Å². The largest absolute Gasteiger partial charge is 0.350 e. The van der Waals surface area contributed by atoms with E-state index in [1.165, 1.54) is 16.3 Å². The lowest BCUT2D eigenvalue weighted by Gasteiger charge is -2.58. The SMILES string of the molecule is CC[C@]12[C@H](C)[C@@H]3C=N[C@@]1(C(=O)NCc1ccccc1)[C@@H](C3)CN2Cc1cccc2ccccc12. The number of hydrogen-bond donors (Lipinski definition) is 1. The Morgan fingerprint density at radius 1 is 1.06 bits per heavy atom. The third kappa shape index (κ3) is 2.88. The van der Waals surface area contributed by atoms with Crippen molar-refractivity contribution in [3.63, 3.8) is 0 Å². The minimum Gasteiger partial charge on any atom is -0.350 e. The standard InChI is InChI=1S/C30H33N3O/c1-3-29-21(2)25-16-26(20-33(29)19-24-14-9-13-23-12-7-8-15-27(23)24)30(29,32-18-25)28(34)31-17-22-10-5-4-6-11-22/h4-15,18,21,25-26H,3,16-17,19-20H2,1-2H3,(H,31,34)/t21-,25+,26+,29+,30-/m1/s1. The molecule has 5 atom stereocenters. The van der Waals surface area contributed by atoms with E-state index in [1.807, 2.05) is 18.2 Å². The van der Waals surface area contributed by atoms with E-state index in [1.54, 1.807) is 0 Å². The number of amides is 1. The van der Waals surface area contributed by atoms with E-state index in [2.05, 4.69) is 84.9 Å². The van der Waals surface area contributed by atoms with Gasteiger partial charge >= 0.3 is 0 Å². The quantitative estimate of drug-likeness (QED) is 0.559. The Morgan fingerprint density at radius 3 is 2.65 bits per heavy atom. The molecule has 3 aliphatic heterocycles. The minimum absolute atomic E-state index is 0.102. The number of hydrogen-bond acceptors (Lipinski definition) is 3. The lowest BCUT2D eigenvalue weighted by atomic mass is 9.53. The summed E-state index contributed by atoms with van der Waals surface area (Å²) >= 11 is 0. The number of carbonyl (C=O) groups is 1. The van der Waals surface area contributed by atoms with Gasteiger partial charge in [-0.25, -0.2) is 0 Å². The van der Waals surface area contributed by atoms with Gasteiger partial charge in [-0.2, -0.15) is 0 Å². The Labute approximate surface area is 202 Å². The van der Waals surface area contributed by atoms with Crippen LogP contribution in [0.4, 0.5) is 0 Å². The van der Waals surface area contributed by atoms with Crippen molar-refractivity contribution in [3.8, 4) is 0 Å². The molecule has 4 bridgehead atoms. The van der Waals surface area contributed by atoms with Crippen LogP contribution in [0.15, 0.2) is 77.8 Å². The highest BCUT2D eigenvalue weighted by molar-refractivity contribution is 5.93. The van der Waals surface area contributed by atoms with E-state index in [-0.39, 0.29) is 17.4 Å². The van der Waals surface area contributed by atoms with Crippen LogP contribution in [0.5, 0.6) is 0 Å². The smallest absolute Gasteiger partial charge is 0.250 e. The highest BCUT2D eigenvalue weighted by atomic mass is 16.2. The molecule has 0 aromatic heterocycles. The summed E-state index contributed by atoms with van der Waals surface area (Å²) in [7, 11) is 0. The summed E-state index contributed by atoms with van der Waals surface area (Å²) in [5.41, 5.74) is 1.48. The zero-order chi connectivity index (χ0) is 23.3. The van der Waals surface area contributed by atoms with Crippen molar-refractivity contribution < 1.29 is 4.79 Å². The van der Waals surface area contributed by atoms with Crippen LogP contribution >= 0.6 is 0 Å². The molecule has 0 unspecified atom stereocenters. The fourth-order valence-corrected chi connectivity index (χ4v) is 7.55.